The molecule has 0 spiro atoms. The lowest BCUT2D eigenvalue weighted by atomic mass is 10.0. The van der Waals surface area contributed by atoms with E-state index >= 15 is 0 Å². The summed E-state index contributed by atoms with van der Waals surface area (Å²) in [4.78, 5) is 11.9. The first-order valence-electron chi connectivity index (χ1n) is 7.24. The zero-order valence-electron chi connectivity index (χ0n) is 13.0. The highest BCUT2D eigenvalue weighted by Crippen LogP contribution is 2.18. The number of ether oxygens (including phenoxy) is 1. The van der Waals surface area contributed by atoms with E-state index in [-0.39, 0.29) is 4.90 Å². The summed E-state index contributed by atoms with van der Waals surface area (Å²) in [5.41, 5.74) is 1.13. The van der Waals surface area contributed by atoms with E-state index in [1.807, 2.05) is 12.1 Å². The highest BCUT2D eigenvalue weighted by atomic mass is 32.2. The number of hydrogen-bond donors (Lipinski definition) is 1. The molecule has 0 aliphatic carbocycles. The summed E-state index contributed by atoms with van der Waals surface area (Å²) < 4.78 is 31.3. The van der Waals surface area contributed by atoms with Gasteiger partial charge >= 0.3 is 5.97 Å². The van der Waals surface area contributed by atoms with Crippen LogP contribution in [0.5, 0.6) is 5.75 Å². The van der Waals surface area contributed by atoms with Gasteiger partial charge in [0.2, 0.25) is 10.0 Å². The van der Waals surface area contributed by atoms with E-state index in [0.29, 0.717) is 11.7 Å². The Morgan fingerprint density at radius 1 is 1.04 bits per heavy atom. The summed E-state index contributed by atoms with van der Waals surface area (Å²) in [6.07, 6.45) is 0. The van der Waals surface area contributed by atoms with Crippen molar-refractivity contribution < 1.29 is 17.9 Å². The van der Waals surface area contributed by atoms with Crippen LogP contribution in [-0.2, 0) is 14.8 Å². The van der Waals surface area contributed by atoms with Gasteiger partial charge in [-0.1, -0.05) is 44.2 Å². The Morgan fingerprint density at radius 3 is 2.22 bits per heavy atom. The van der Waals surface area contributed by atoms with Crippen molar-refractivity contribution in [1.29, 1.82) is 0 Å². The number of carbonyl (C=O) groups excluding carboxylic acids is 1. The van der Waals surface area contributed by atoms with Gasteiger partial charge in [0.25, 0.3) is 0 Å². The number of nitrogens with one attached hydrogen (secondary N) is 1. The molecule has 0 heterocycles. The van der Waals surface area contributed by atoms with E-state index in [1.54, 1.807) is 30.3 Å². The van der Waals surface area contributed by atoms with Crippen LogP contribution in [0.1, 0.15) is 25.3 Å². The minimum Gasteiger partial charge on any atom is -0.426 e. The van der Waals surface area contributed by atoms with Crippen LogP contribution in [0.2, 0.25) is 0 Å². The Balaban J connectivity index is 1.92. The maximum atomic E-state index is 12.0. The minimum atomic E-state index is -3.72. The molecule has 0 unspecified atom stereocenters. The summed E-state index contributed by atoms with van der Waals surface area (Å²) in [5.74, 6) is 0.109. The topological polar surface area (TPSA) is 72.5 Å². The molecule has 0 bridgehead atoms. The molecule has 5 nitrogen and oxygen atoms in total. The molecular formula is C17H19NO4S. The molecule has 0 aliphatic heterocycles. The van der Waals surface area contributed by atoms with Crippen molar-refractivity contribution >= 4 is 16.0 Å². The molecule has 23 heavy (non-hydrogen) atoms. The highest BCUT2D eigenvalue weighted by Gasteiger charge is 2.15. The number of rotatable bonds is 6. The van der Waals surface area contributed by atoms with Gasteiger partial charge < -0.3 is 4.74 Å². The first-order chi connectivity index (χ1) is 10.9. The van der Waals surface area contributed by atoms with E-state index in [1.165, 1.54) is 12.1 Å². The third kappa shape index (κ3) is 4.91. The molecule has 2 aromatic rings. The second kappa shape index (κ2) is 7.39. The van der Waals surface area contributed by atoms with E-state index in [2.05, 4.69) is 18.6 Å². The Labute approximate surface area is 136 Å². The molecule has 2 rings (SSSR count). The van der Waals surface area contributed by atoms with E-state index in [9.17, 15) is 13.2 Å². The maximum Gasteiger partial charge on any atom is 0.326 e. The predicted octanol–water partition coefficient (Wildman–Crippen LogP) is 2.69. The van der Waals surface area contributed by atoms with Crippen LogP contribution in [-0.4, -0.2) is 20.9 Å². The summed E-state index contributed by atoms with van der Waals surface area (Å²) in [6.45, 7) is 3.71. The quantitative estimate of drug-likeness (QED) is 0.652. The fourth-order valence-electron chi connectivity index (χ4n) is 1.93. The fraction of sp³-hybridized carbons (Fsp3) is 0.235. The van der Waals surface area contributed by atoms with Gasteiger partial charge in [-0.3, -0.25) is 4.79 Å². The van der Waals surface area contributed by atoms with Gasteiger partial charge in [0.05, 0.1) is 4.90 Å². The van der Waals surface area contributed by atoms with Crippen molar-refractivity contribution in [1.82, 2.24) is 4.72 Å². The monoisotopic (exact) mass is 333 g/mol. The van der Waals surface area contributed by atoms with E-state index < -0.39 is 22.5 Å². The Hall–Kier alpha value is -2.18. The average molecular weight is 333 g/mol. The van der Waals surface area contributed by atoms with Crippen LogP contribution in [0.3, 0.4) is 0 Å². The Bertz CT molecular complexity index is 753. The van der Waals surface area contributed by atoms with E-state index in [0.717, 1.165) is 5.56 Å². The number of esters is 1. The van der Waals surface area contributed by atoms with Gasteiger partial charge in [-0.05, 0) is 35.7 Å². The molecule has 0 saturated carbocycles. The number of carbonyl (C=O) groups is 1. The standard InChI is InChI=1S/C17H19NO4S/c1-13(2)14-8-10-15(11-9-14)22-17(19)12-18-23(20,21)16-6-4-3-5-7-16/h3-11,13,18H,12H2,1-2H3. The molecule has 0 aromatic heterocycles. The van der Waals surface area contributed by atoms with Crippen molar-refractivity contribution in [3.05, 3.63) is 60.2 Å². The van der Waals surface area contributed by atoms with Crippen LogP contribution >= 0.6 is 0 Å². The molecule has 0 fully saturated rings. The van der Waals surface area contributed by atoms with Gasteiger partial charge in [-0.25, -0.2) is 8.42 Å². The van der Waals surface area contributed by atoms with Gasteiger partial charge in [-0.2, -0.15) is 4.72 Å². The highest BCUT2D eigenvalue weighted by molar-refractivity contribution is 7.89. The third-order valence-corrected chi connectivity index (χ3v) is 4.66. The zero-order chi connectivity index (χ0) is 16.9. The van der Waals surface area contributed by atoms with Crippen molar-refractivity contribution in [2.75, 3.05) is 6.54 Å². The molecule has 0 amide bonds. The van der Waals surface area contributed by atoms with Crippen LogP contribution in [0.4, 0.5) is 0 Å². The van der Waals surface area contributed by atoms with Crippen LogP contribution < -0.4 is 9.46 Å². The van der Waals surface area contributed by atoms with E-state index in [4.69, 9.17) is 4.74 Å². The summed E-state index contributed by atoms with van der Waals surface area (Å²) >= 11 is 0. The first-order valence-corrected chi connectivity index (χ1v) is 8.72. The Kier molecular flexibility index (Phi) is 5.52. The SMILES string of the molecule is CC(C)c1ccc(OC(=O)CNS(=O)(=O)c2ccccc2)cc1. The summed E-state index contributed by atoms with van der Waals surface area (Å²) in [6, 6.07) is 15.0. The van der Waals surface area contributed by atoms with Crippen molar-refractivity contribution in [2.45, 2.75) is 24.7 Å². The second-order valence-electron chi connectivity index (χ2n) is 5.34. The Morgan fingerprint density at radius 2 is 1.65 bits per heavy atom. The lowest BCUT2D eigenvalue weighted by Crippen LogP contribution is -2.31. The average Bonchev–Trinajstić information content (AvgIpc) is 2.54. The number of hydrogen-bond acceptors (Lipinski definition) is 4. The molecule has 1 N–H and O–H groups in total. The zero-order valence-corrected chi connectivity index (χ0v) is 13.8. The number of benzene rings is 2. The molecule has 0 atom stereocenters. The van der Waals surface area contributed by atoms with Crippen LogP contribution in [0.15, 0.2) is 59.5 Å². The lowest BCUT2D eigenvalue weighted by Gasteiger charge is -2.09. The third-order valence-electron chi connectivity index (χ3n) is 3.24. The lowest BCUT2D eigenvalue weighted by molar-refractivity contribution is -0.133. The van der Waals surface area contributed by atoms with Gasteiger partial charge in [-0.15, -0.1) is 0 Å². The van der Waals surface area contributed by atoms with Gasteiger partial charge in [0.1, 0.15) is 12.3 Å². The molecular weight excluding hydrogens is 314 g/mol. The smallest absolute Gasteiger partial charge is 0.326 e. The molecule has 122 valence electrons. The predicted molar refractivity (Wildman–Crippen MR) is 87.8 cm³/mol. The van der Waals surface area contributed by atoms with Gasteiger partial charge in [0, 0.05) is 0 Å². The first kappa shape index (κ1) is 17.2. The largest absolute Gasteiger partial charge is 0.426 e. The van der Waals surface area contributed by atoms with Crippen LogP contribution in [0, 0.1) is 0 Å². The van der Waals surface area contributed by atoms with Crippen molar-refractivity contribution in [3.63, 3.8) is 0 Å². The van der Waals surface area contributed by atoms with Gasteiger partial charge in [0.15, 0.2) is 0 Å². The molecule has 0 radical (unpaired) electrons. The van der Waals surface area contributed by atoms with Crippen LogP contribution in [0.25, 0.3) is 0 Å². The number of sulfonamides is 1. The van der Waals surface area contributed by atoms with Crippen molar-refractivity contribution in [3.8, 4) is 5.75 Å². The summed E-state index contributed by atoms with van der Waals surface area (Å²) in [5, 5.41) is 0. The normalized spacial score (nSPS) is 11.4. The fourth-order valence-corrected chi connectivity index (χ4v) is 2.92. The summed E-state index contributed by atoms with van der Waals surface area (Å²) in [7, 11) is -3.72. The minimum absolute atomic E-state index is 0.106. The second-order valence-corrected chi connectivity index (χ2v) is 7.10. The molecule has 0 aliphatic rings. The maximum absolute atomic E-state index is 12.0. The van der Waals surface area contributed by atoms with Crippen molar-refractivity contribution in [2.24, 2.45) is 0 Å². The molecule has 0 saturated heterocycles. The molecule has 2 aromatic carbocycles. The molecule has 6 heteroatoms.